The van der Waals surface area contributed by atoms with E-state index in [1.165, 1.54) is 0 Å². The summed E-state index contributed by atoms with van der Waals surface area (Å²) in [7, 11) is 0. The van der Waals surface area contributed by atoms with Gasteiger partial charge in [-0.15, -0.1) is 0 Å². The van der Waals surface area contributed by atoms with Crippen molar-refractivity contribution in [3.05, 3.63) is 71.3 Å². The fourth-order valence-electron chi connectivity index (χ4n) is 2.83. The summed E-state index contributed by atoms with van der Waals surface area (Å²) in [5, 5.41) is 6.11. The van der Waals surface area contributed by atoms with E-state index in [0.29, 0.717) is 12.1 Å². The van der Waals surface area contributed by atoms with E-state index >= 15 is 0 Å². The zero-order valence-electron chi connectivity index (χ0n) is 14.0. The van der Waals surface area contributed by atoms with Crippen LogP contribution in [0.15, 0.2) is 54.6 Å². The summed E-state index contributed by atoms with van der Waals surface area (Å²) < 4.78 is 5.34. The van der Waals surface area contributed by atoms with Gasteiger partial charge in [-0.25, -0.2) is 4.79 Å². The predicted octanol–water partition coefficient (Wildman–Crippen LogP) is 2.27. The summed E-state index contributed by atoms with van der Waals surface area (Å²) in [4.78, 5) is 24.3. The quantitative estimate of drug-likeness (QED) is 0.793. The Morgan fingerprint density at radius 2 is 1.88 bits per heavy atom. The molecule has 0 aromatic heterocycles. The Balaban J connectivity index is 1.53. The first-order valence-corrected chi connectivity index (χ1v) is 8.51. The summed E-state index contributed by atoms with van der Waals surface area (Å²) >= 11 is 0. The maximum absolute atomic E-state index is 12.2. The van der Waals surface area contributed by atoms with Crippen molar-refractivity contribution in [1.29, 1.82) is 0 Å². The minimum atomic E-state index is -0.364. The maximum atomic E-state index is 12.2. The number of esters is 1. The summed E-state index contributed by atoms with van der Waals surface area (Å²) in [6.45, 7) is 2.28. The van der Waals surface area contributed by atoms with Crippen molar-refractivity contribution in [3.63, 3.8) is 0 Å². The van der Waals surface area contributed by atoms with E-state index < -0.39 is 0 Å². The van der Waals surface area contributed by atoms with E-state index in [-0.39, 0.29) is 24.4 Å². The molecule has 3 rings (SSSR count). The number of rotatable bonds is 6. The molecule has 0 spiro atoms. The number of carbonyl (C=O) groups excluding carboxylic acids is 2. The van der Waals surface area contributed by atoms with Gasteiger partial charge in [-0.3, -0.25) is 4.79 Å². The van der Waals surface area contributed by atoms with Crippen LogP contribution in [0.5, 0.6) is 0 Å². The Kier molecular flexibility index (Phi) is 5.80. The molecule has 0 bridgehead atoms. The first-order valence-electron chi connectivity index (χ1n) is 8.51. The van der Waals surface area contributed by atoms with E-state index in [0.717, 1.165) is 30.6 Å². The van der Waals surface area contributed by atoms with Crippen molar-refractivity contribution >= 4 is 11.9 Å². The third kappa shape index (κ3) is 4.90. The van der Waals surface area contributed by atoms with Gasteiger partial charge < -0.3 is 15.4 Å². The number of nitrogens with one attached hydrogen (secondary N) is 2. The second-order valence-electron chi connectivity index (χ2n) is 6.17. The van der Waals surface area contributed by atoms with Crippen molar-refractivity contribution in [2.24, 2.45) is 5.92 Å². The highest BCUT2D eigenvalue weighted by molar-refractivity contribution is 5.89. The molecule has 1 amide bonds. The number of amides is 1. The van der Waals surface area contributed by atoms with Gasteiger partial charge in [0.1, 0.15) is 6.61 Å². The van der Waals surface area contributed by atoms with E-state index in [1.54, 1.807) is 18.2 Å². The lowest BCUT2D eigenvalue weighted by Crippen LogP contribution is -2.31. The lowest BCUT2D eigenvalue weighted by atomic mass is 10.1. The molecule has 2 aromatic carbocycles. The molecule has 2 N–H and O–H groups in total. The molecule has 0 unspecified atom stereocenters. The number of hydrogen-bond acceptors (Lipinski definition) is 4. The van der Waals surface area contributed by atoms with Crippen LogP contribution in [0.4, 0.5) is 0 Å². The third-order valence-electron chi connectivity index (χ3n) is 4.27. The van der Waals surface area contributed by atoms with Crippen LogP contribution in [-0.2, 0) is 22.7 Å². The van der Waals surface area contributed by atoms with E-state index in [9.17, 15) is 9.59 Å². The highest BCUT2D eigenvalue weighted by atomic mass is 16.5. The molecule has 1 fully saturated rings. The first-order chi connectivity index (χ1) is 12.2. The Hall–Kier alpha value is -2.66. The molecule has 0 aliphatic carbocycles. The number of benzene rings is 2. The summed E-state index contributed by atoms with van der Waals surface area (Å²) in [6.07, 6.45) is 0.873. The average molecular weight is 338 g/mol. The van der Waals surface area contributed by atoms with Crippen molar-refractivity contribution in [1.82, 2.24) is 10.6 Å². The molecule has 1 heterocycles. The summed E-state index contributed by atoms with van der Waals surface area (Å²) in [5.74, 6) is -0.266. The smallest absolute Gasteiger partial charge is 0.338 e. The molecule has 5 nitrogen and oxygen atoms in total. The Labute approximate surface area is 147 Å². The first kappa shape index (κ1) is 17.2. The van der Waals surface area contributed by atoms with Gasteiger partial charge in [-0.2, -0.15) is 0 Å². The van der Waals surface area contributed by atoms with Crippen LogP contribution in [-0.4, -0.2) is 25.0 Å². The van der Waals surface area contributed by atoms with Crippen molar-refractivity contribution in [2.45, 2.75) is 19.6 Å². The van der Waals surface area contributed by atoms with E-state index in [4.69, 9.17) is 4.74 Å². The molecular formula is C20H22N2O3. The molecular weight excluding hydrogens is 316 g/mol. The number of hydrogen-bond donors (Lipinski definition) is 2. The molecule has 130 valence electrons. The monoisotopic (exact) mass is 338 g/mol. The normalized spacial score (nSPS) is 16.4. The third-order valence-corrected chi connectivity index (χ3v) is 4.27. The molecule has 1 saturated heterocycles. The molecule has 25 heavy (non-hydrogen) atoms. The van der Waals surface area contributed by atoms with Crippen molar-refractivity contribution in [2.75, 3.05) is 13.1 Å². The Morgan fingerprint density at radius 3 is 2.64 bits per heavy atom. The van der Waals surface area contributed by atoms with E-state index in [1.807, 2.05) is 36.4 Å². The zero-order valence-corrected chi connectivity index (χ0v) is 14.0. The summed E-state index contributed by atoms with van der Waals surface area (Å²) in [5.41, 5.74) is 2.32. The van der Waals surface area contributed by atoms with Crippen LogP contribution in [0, 0.1) is 5.92 Å². The fourth-order valence-corrected chi connectivity index (χ4v) is 2.83. The van der Waals surface area contributed by atoms with Gasteiger partial charge >= 0.3 is 5.97 Å². The lowest BCUT2D eigenvalue weighted by Gasteiger charge is -2.11. The van der Waals surface area contributed by atoms with Crippen LogP contribution < -0.4 is 10.6 Å². The van der Waals surface area contributed by atoms with Crippen LogP contribution in [0.1, 0.15) is 27.9 Å². The molecule has 5 heteroatoms. The molecule has 1 aliphatic rings. The largest absolute Gasteiger partial charge is 0.457 e. The standard InChI is InChI=1S/C20H22N2O3/c23-19(18-9-10-21-13-18)22-12-16-7-4-8-17(11-16)20(24)25-14-15-5-2-1-3-6-15/h1-8,11,18,21H,9-10,12-14H2,(H,22,23)/t18-/m0/s1. The van der Waals surface area contributed by atoms with Gasteiger partial charge in [0.05, 0.1) is 11.5 Å². The highest BCUT2D eigenvalue weighted by Gasteiger charge is 2.21. The van der Waals surface area contributed by atoms with Gasteiger partial charge in [0.2, 0.25) is 5.91 Å². The Morgan fingerprint density at radius 1 is 1.08 bits per heavy atom. The van der Waals surface area contributed by atoms with Crippen LogP contribution >= 0.6 is 0 Å². The van der Waals surface area contributed by atoms with Crippen LogP contribution in [0.25, 0.3) is 0 Å². The average Bonchev–Trinajstić information content (AvgIpc) is 3.20. The van der Waals surface area contributed by atoms with Gasteiger partial charge in [0.25, 0.3) is 0 Å². The van der Waals surface area contributed by atoms with Gasteiger partial charge in [0, 0.05) is 13.1 Å². The van der Waals surface area contributed by atoms with Crippen molar-refractivity contribution < 1.29 is 14.3 Å². The molecule has 2 aromatic rings. The van der Waals surface area contributed by atoms with Crippen LogP contribution in [0.3, 0.4) is 0 Å². The van der Waals surface area contributed by atoms with Gasteiger partial charge in [-0.1, -0.05) is 42.5 Å². The highest BCUT2D eigenvalue weighted by Crippen LogP contribution is 2.11. The fraction of sp³-hybridized carbons (Fsp3) is 0.300. The lowest BCUT2D eigenvalue weighted by molar-refractivity contribution is -0.124. The second kappa shape index (κ2) is 8.44. The molecule has 1 atom stereocenters. The van der Waals surface area contributed by atoms with Crippen molar-refractivity contribution in [3.8, 4) is 0 Å². The SMILES string of the molecule is O=C(OCc1ccccc1)c1cccc(CNC(=O)[C@H]2CCNC2)c1. The second-order valence-corrected chi connectivity index (χ2v) is 6.17. The summed E-state index contributed by atoms with van der Waals surface area (Å²) in [6, 6.07) is 16.7. The molecule has 0 radical (unpaired) electrons. The topological polar surface area (TPSA) is 67.4 Å². The number of carbonyl (C=O) groups is 2. The molecule has 1 aliphatic heterocycles. The minimum absolute atomic E-state index is 0.0408. The predicted molar refractivity (Wildman–Crippen MR) is 94.8 cm³/mol. The zero-order chi connectivity index (χ0) is 17.5. The maximum Gasteiger partial charge on any atom is 0.338 e. The van der Waals surface area contributed by atoms with Crippen LogP contribution in [0.2, 0.25) is 0 Å². The van der Waals surface area contributed by atoms with Gasteiger partial charge in [-0.05, 0) is 36.2 Å². The Bertz CT molecular complexity index is 725. The van der Waals surface area contributed by atoms with Gasteiger partial charge in [0.15, 0.2) is 0 Å². The van der Waals surface area contributed by atoms with E-state index in [2.05, 4.69) is 10.6 Å². The molecule has 0 saturated carbocycles. The minimum Gasteiger partial charge on any atom is -0.457 e. The number of ether oxygens (including phenoxy) is 1.